The minimum absolute atomic E-state index is 0.0447. The summed E-state index contributed by atoms with van der Waals surface area (Å²) in [6.07, 6.45) is 7.58. The zero-order valence-corrected chi connectivity index (χ0v) is 15.4. The second-order valence-corrected chi connectivity index (χ2v) is 8.53. The summed E-state index contributed by atoms with van der Waals surface area (Å²) in [5.74, 6) is 0.0447. The smallest absolute Gasteiger partial charge is 0.276 e. The van der Waals surface area contributed by atoms with E-state index in [1.54, 1.807) is 0 Å². The summed E-state index contributed by atoms with van der Waals surface area (Å²) in [6, 6.07) is 0.330. The van der Waals surface area contributed by atoms with E-state index in [9.17, 15) is 4.79 Å². The van der Waals surface area contributed by atoms with Crippen molar-refractivity contribution in [3.63, 3.8) is 0 Å². The average molecular weight is 333 g/mol. The Balaban J connectivity index is 1.63. The maximum atomic E-state index is 12.5. The second kappa shape index (κ2) is 7.21. The largest absolute Gasteiger partial charge is 0.337 e. The molecule has 3 heterocycles. The topological polar surface area (TPSA) is 54.3 Å². The third-order valence-corrected chi connectivity index (χ3v) is 4.93. The maximum absolute atomic E-state index is 12.5. The molecule has 0 aromatic carbocycles. The first kappa shape index (κ1) is 17.4. The average Bonchev–Trinajstić information content (AvgIpc) is 3.03. The lowest BCUT2D eigenvalue weighted by molar-refractivity contribution is 0.0718. The SMILES string of the molecule is CC(C)(C)CN1CCC[C@@H](n2cc(C(=O)N3CCCCC3)nn2)C1. The highest BCUT2D eigenvalue weighted by atomic mass is 16.2. The van der Waals surface area contributed by atoms with Gasteiger partial charge in [0, 0.05) is 26.2 Å². The molecule has 3 rings (SSSR count). The highest BCUT2D eigenvalue weighted by Gasteiger charge is 2.27. The van der Waals surface area contributed by atoms with Gasteiger partial charge in [-0.3, -0.25) is 4.79 Å². The van der Waals surface area contributed by atoms with Gasteiger partial charge in [-0.25, -0.2) is 4.68 Å². The van der Waals surface area contributed by atoms with E-state index in [1.807, 2.05) is 15.8 Å². The van der Waals surface area contributed by atoms with E-state index in [-0.39, 0.29) is 5.91 Å². The lowest BCUT2D eigenvalue weighted by Crippen LogP contribution is -2.41. The minimum atomic E-state index is 0.0447. The third kappa shape index (κ3) is 4.35. The molecule has 1 aromatic rings. The summed E-state index contributed by atoms with van der Waals surface area (Å²) in [5, 5.41) is 8.45. The number of hydrogen-bond donors (Lipinski definition) is 0. The molecule has 0 spiro atoms. The van der Waals surface area contributed by atoms with Crippen molar-refractivity contribution >= 4 is 5.91 Å². The molecule has 134 valence electrons. The van der Waals surface area contributed by atoms with Crippen LogP contribution in [0.25, 0.3) is 0 Å². The molecule has 0 bridgehead atoms. The lowest BCUT2D eigenvalue weighted by Gasteiger charge is -2.36. The zero-order valence-electron chi connectivity index (χ0n) is 15.4. The maximum Gasteiger partial charge on any atom is 0.276 e. The highest BCUT2D eigenvalue weighted by Crippen LogP contribution is 2.24. The van der Waals surface area contributed by atoms with Crippen LogP contribution in [0.3, 0.4) is 0 Å². The van der Waals surface area contributed by atoms with Crippen LogP contribution in [-0.4, -0.2) is 63.4 Å². The van der Waals surface area contributed by atoms with Crippen LogP contribution in [0.2, 0.25) is 0 Å². The van der Waals surface area contributed by atoms with E-state index >= 15 is 0 Å². The number of piperidine rings is 2. The molecule has 0 unspecified atom stereocenters. The molecule has 0 N–H and O–H groups in total. The van der Waals surface area contributed by atoms with Gasteiger partial charge in [0.1, 0.15) is 0 Å². The Kier molecular flexibility index (Phi) is 5.23. The summed E-state index contributed by atoms with van der Waals surface area (Å²) in [7, 11) is 0. The molecule has 1 aromatic heterocycles. The Bertz CT molecular complexity index is 556. The van der Waals surface area contributed by atoms with Crippen LogP contribution in [0, 0.1) is 5.41 Å². The van der Waals surface area contributed by atoms with E-state index in [2.05, 4.69) is 36.0 Å². The number of carbonyl (C=O) groups is 1. The first-order chi connectivity index (χ1) is 11.4. The third-order valence-electron chi connectivity index (χ3n) is 4.93. The van der Waals surface area contributed by atoms with Crippen LogP contribution < -0.4 is 0 Å². The number of hydrogen-bond acceptors (Lipinski definition) is 4. The van der Waals surface area contributed by atoms with Gasteiger partial charge in [-0.15, -0.1) is 5.10 Å². The van der Waals surface area contributed by atoms with E-state index in [1.165, 1.54) is 12.8 Å². The number of aromatic nitrogens is 3. The number of likely N-dealkylation sites (tertiary alicyclic amines) is 2. The first-order valence-electron chi connectivity index (χ1n) is 9.36. The van der Waals surface area contributed by atoms with Gasteiger partial charge in [0.15, 0.2) is 5.69 Å². The van der Waals surface area contributed by atoms with Crippen molar-refractivity contribution in [2.45, 2.75) is 58.9 Å². The van der Waals surface area contributed by atoms with Gasteiger partial charge < -0.3 is 9.80 Å². The normalized spacial score (nSPS) is 23.5. The quantitative estimate of drug-likeness (QED) is 0.853. The fourth-order valence-electron chi connectivity index (χ4n) is 3.87. The standard InChI is InChI=1S/C18H31N5O/c1-18(2,3)14-21-9-7-8-15(12-21)23-13-16(19-20-23)17(24)22-10-5-4-6-11-22/h13,15H,4-12,14H2,1-3H3/t15-/m1/s1. The van der Waals surface area contributed by atoms with Gasteiger partial charge in [-0.05, 0) is 44.1 Å². The van der Waals surface area contributed by atoms with Crippen molar-refractivity contribution in [3.8, 4) is 0 Å². The molecule has 0 saturated carbocycles. The van der Waals surface area contributed by atoms with Crippen LogP contribution in [0.5, 0.6) is 0 Å². The van der Waals surface area contributed by atoms with E-state index in [4.69, 9.17) is 0 Å². The van der Waals surface area contributed by atoms with Gasteiger partial charge in [-0.1, -0.05) is 26.0 Å². The summed E-state index contributed by atoms with van der Waals surface area (Å²) in [6.45, 7) is 11.8. The highest BCUT2D eigenvalue weighted by molar-refractivity contribution is 5.91. The zero-order chi connectivity index (χ0) is 17.2. The molecule has 24 heavy (non-hydrogen) atoms. The lowest BCUT2D eigenvalue weighted by atomic mass is 9.94. The molecule has 2 fully saturated rings. The monoisotopic (exact) mass is 333 g/mol. The van der Waals surface area contributed by atoms with Crippen molar-refractivity contribution in [1.82, 2.24) is 24.8 Å². The van der Waals surface area contributed by atoms with E-state index < -0.39 is 0 Å². The molecule has 6 heteroatoms. The van der Waals surface area contributed by atoms with Crippen molar-refractivity contribution in [3.05, 3.63) is 11.9 Å². The summed E-state index contributed by atoms with van der Waals surface area (Å²) in [5.41, 5.74) is 0.810. The number of nitrogens with zero attached hydrogens (tertiary/aromatic N) is 5. The fraction of sp³-hybridized carbons (Fsp3) is 0.833. The predicted octanol–water partition coefficient (Wildman–Crippen LogP) is 2.59. The van der Waals surface area contributed by atoms with Crippen LogP contribution in [0.1, 0.15) is 69.4 Å². The van der Waals surface area contributed by atoms with Gasteiger partial charge >= 0.3 is 0 Å². The summed E-state index contributed by atoms with van der Waals surface area (Å²) in [4.78, 5) is 17.0. The summed E-state index contributed by atoms with van der Waals surface area (Å²) >= 11 is 0. The van der Waals surface area contributed by atoms with E-state index in [0.29, 0.717) is 17.2 Å². The number of amides is 1. The number of rotatable bonds is 3. The van der Waals surface area contributed by atoms with Crippen molar-refractivity contribution in [2.75, 3.05) is 32.7 Å². The molecule has 0 radical (unpaired) electrons. The fourth-order valence-corrected chi connectivity index (χ4v) is 3.87. The van der Waals surface area contributed by atoms with Gasteiger partial charge in [0.2, 0.25) is 0 Å². The molecule has 1 atom stereocenters. The molecular weight excluding hydrogens is 302 g/mol. The van der Waals surface area contributed by atoms with Crippen LogP contribution >= 0.6 is 0 Å². The molecule has 2 aliphatic rings. The van der Waals surface area contributed by atoms with Crippen LogP contribution in [0.15, 0.2) is 6.20 Å². The Morgan fingerprint density at radius 3 is 2.62 bits per heavy atom. The van der Waals surface area contributed by atoms with Gasteiger partial charge in [0.25, 0.3) is 5.91 Å². The van der Waals surface area contributed by atoms with Crippen molar-refractivity contribution < 1.29 is 4.79 Å². The van der Waals surface area contributed by atoms with E-state index in [0.717, 1.165) is 52.0 Å². The molecular formula is C18H31N5O. The second-order valence-electron chi connectivity index (χ2n) is 8.53. The van der Waals surface area contributed by atoms with Crippen molar-refractivity contribution in [2.24, 2.45) is 5.41 Å². The Morgan fingerprint density at radius 1 is 1.17 bits per heavy atom. The molecule has 6 nitrogen and oxygen atoms in total. The molecule has 0 aliphatic carbocycles. The minimum Gasteiger partial charge on any atom is -0.337 e. The van der Waals surface area contributed by atoms with Gasteiger partial charge in [0.05, 0.1) is 12.2 Å². The number of carbonyl (C=O) groups excluding carboxylic acids is 1. The van der Waals surface area contributed by atoms with Crippen molar-refractivity contribution in [1.29, 1.82) is 0 Å². The van der Waals surface area contributed by atoms with Crippen LogP contribution in [0.4, 0.5) is 0 Å². The molecule has 1 amide bonds. The first-order valence-corrected chi connectivity index (χ1v) is 9.36. The van der Waals surface area contributed by atoms with Gasteiger partial charge in [-0.2, -0.15) is 0 Å². The summed E-state index contributed by atoms with van der Waals surface area (Å²) < 4.78 is 1.92. The van der Waals surface area contributed by atoms with Crippen LogP contribution in [-0.2, 0) is 0 Å². The predicted molar refractivity (Wildman–Crippen MR) is 93.9 cm³/mol. The Labute approximate surface area is 145 Å². The molecule has 2 aliphatic heterocycles. The molecule has 2 saturated heterocycles. The Hall–Kier alpha value is -1.43. The Morgan fingerprint density at radius 2 is 1.92 bits per heavy atom.